The van der Waals surface area contributed by atoms with Crippen molar-refractivity contribution in [1.29, 1.82) is 0 Å². The number of hydrogen-bond acceptors (Lipinski definition) is 8. The van der Waals surface area contributed by atoms with Gasteiger partial charge in [-0.1, -0.05) is 24.2 Å². The van der Waals surface area contributed by atoms with Crippen molar-refractivity contribution in [2.45, 2.75) is 29.3 Å². The quantitative estimate of drug-likeness (QED) is 0.395. The Bertz CT molecular complexity index is 1140. The van der Waals surface area contributed by atoms with Gasteiger partial charge in [-0.05, 0) is 48.6 Å². The Hall–Kier alpha value is -2.41. The molecule has 164 valence electrons. The molecule has 1 aliphatic heterocycles. The minimum atomic E-state index is -3.49. The number of carbonyl (C=O) groups excluding carboxylic acids is 1. The van der Waals surface area contributed by atoms with Crippen LogP contribution in [0, 0.1) is 0 Å². The second kappa shape index (κ2) is 9.39. The van der Waals surface area contributed by atoms with Gasteiger partial charge in [0.05, 0.1) is 15.5 Å². The average molecular weight is 479 g/mol. The van der Waals surface area contributed by atoms with Gasteiger partial charge < -0.3 is 11.2 Å². The van der Waals surface area contributed by atoms with Crippen molar-refractivity contribution in [1.82, 2.24) is 19.2 Å². The van der Waals surface area contributed by atoms with E-state index >= 15 is 0 Å². The topological polar surface area (TPSA) is 123 Å². The van der Waals surface area contributed by atoms with Crippen LogP contribution in [0.3, 0.4) is 0 Å². The van der Waals surface area contributed by atoms with Crippen molar-refractivity contribution in [2.75, 3.05) is 30.0 Å². The molecule has 3 aromatic rings. The molecule has 0 unspecified atom stereocenters. The van der Waals surface area contributed by atoms with Gasteiger partial charge in [-0.3, -0.25) is 4.79 Å². The summed E-state index contributed by atoms with van der Waals surface area (Å²) in [5.41, 5.74) is 0.525. The zero-order valence-electron chi connectivity index (χ0n) is 16.6. The third-order valence-electron chi connectivity index (χ3n) is 4.83. The number of nitrogens with one attached hydrogen (secondary N) is 1. The van der Waals surface area contributed by atoms with Gasteiger partial charge in [-0.2, -0.15) is 4.31 Å². The number of nitrogen functional groups attached to an aromatic ring is 1. The first kappa shape index (κ1) is 21.8. The highest BCUT2D eigenvalue weighted by Crippen LogP contribution is 2.25. The van der Waals surface area contributed by atoms with Gasteiger partial charge in [0.25, 0.3) is 0 Å². The zero-order valence-corrected chi connectivity index (χ0v) is 19.0. The van der Waals surface area contributed by atoms with Gasteiger partial charge in [-0.25, -0.2) is 13.1 Å². The van der Waals surface area contributed by atoms with E-state index in [1.165, 1.54) is 44.2 Å². The van der Waals surface area contributed by atoms with Crippen LogP contribution in [-0.2, 0) is 14.8 Å². The van der Waals surface area contributed by atoms with E-state index in [0.717, 1.165) is 24.1 Å². The van der Waals surface area contributed by atoms with Crippen LogP contribution in [0.15, 0.2) is 51.8 Å². The summed E-state index contributed by atoms with van der Waals surface area (Å²) in [6, 6.07) is 10.0. The molecule has 3 N–H and O–H groups in total. The number of thiophene rings is 1. The normalized spacial score (nSPS) is 15.1. The molecule has 4 rings (SSSR count). The third kappa shape index (κ3) is 4.92. The van der Waals surface area contributed by atoms with E-state index in [4.69, 9.17) is 5.84 Å². The van der Waals surface area contributed by atoms with E-state index in [9.17, 15) is 13.2 Å². The number of carbonyl (C=O) groups is 1. The van der Waals surface area contributed by atoms with Crippen LogP contribution < -0.4 is 11.2 Å². The summed E-state index contributed by atoms with van der Waals surface area (Å²) in [7, 11) is -3.49. The number of rotatable bonds is 7. The maximum Gasteiger partial charge on any atom is 0.243 e. The van der Waals surface area contributed by atoms with E-state index in [1.54, 1.807) is 12.1 Å². The highest BCUT2D eigenvalue weighted by Gasteiger charge is 2.25. The zero-order chi connectivity index (χ0) is 21.8. The standard InChI is InChI=1S/C19H22N6O3S3/c20-25-18(16-5-4-12-29-16)22-23-19(25)30-13-17(26)21-14-6-8-15(9-7-14)31(27,28)24-10-2-1-3-11-24/h4-9,12H,1-3,10-11,13,20H2,(H,21,26). The van der Waals surface area contributed by atoms with Crippen molar-refractivity contribution >= 4 is 44.7 Å². The van der Waals surface area contributed by atoms with Crippen molar-refractivity contribution in [3.05, 3.63) is 41.8 Å². The number of piperidine rings is 1. The number of hydrogen-bond donors (Lipinski definition) is 2. The molecule has 1 amide bonds. The predicted octanol–water partition coefficient (Wildman–Crippen LogP) is 2.63. The number of anilines is 1. The fourth-order valence-electron chi connectivity index (χ4n) is 3.24. The summed E-state index contributed by atoms with van der Waals surface area (Å²) in [6.45, 7) is 1.11. The van der Waals surface area contributed by atoms with Crippen molar-refractivity contribution in [3.8, 4) is 10.7 Å². The fourth-order valence-corrected chi connectivity index (χ4v) is 6.12. The van der Waals surface area contributed by atoms with Crippen LogP contribution in [-0.4, -0.2) is 52.3 Å². The van der Waals surface area contributed by atoms with Crippen LogP contribution in [0.5, 0.6) is 0 Å². The first-order valence-corrected chi connectivity index (χ1v) is 13.0. The maximum absolute atomic E-state index is 12.7. The lowest BCUT2D eigenvalue weighted by atomic mass is 10.2. The van der Waals surface area contributed by atoms with Crippen molar-refractivity contribution in [3.63, 3.8) is 0 Å². The molecule has 1 saturated heterocycles. The lowest BCUT2D eigenvalue weighted by Gasteiger charge is -2.25. The van der Waals surface area contributed by atoms with E-state index in [1.807, 2.05) is 17.5 Å². The summed E-state index contributed by atoms with van der Waals surface area (Å²) >= 11 is 2.68. The minimum Gasteiger partial charge on any atom is -0.335 e. The molecule has 0 aliphatic carbocycles. The summed E-state index contributed by atoms with van der Waals surface area (Å²) in [5.74, 6) is 6.42. The number of sulfonamides is 1. The molecule has 31 heavy (non-hydrogen) atoms. The van der Waals surface area contributed by atoms with Crippen molar-refractivity contribution < 1.29 is 13.2 Å². The second-order valence-corrected chi connectivity index (χ2v) is 10.8. The molecular weight excluding hydrogens is 456 g/mol. The van der Waals surface area contributed by atoms with Crippen LogP contribution in [0.25, 0.3) is 10.7 Å². The number of nitrogens with zero attached hydrogens (tertiary/aromatic N) is 4. The molecule has 0 saturated carbocycles. The average Bonchev–Trinajstić information content (AvgIpc) is 3.43. The van der Waals surface area contributed by atoms with Crippen LogP contribution in [0.4, 0.5) is 5.69 Å². The molecule has 2 aromatic heterocycles. The molecular formula is C19H22N6O3S3. The Labute approximate surface area is 188 Å². The van der Waals surface area contributed by atoms with Gasteiger partial charge in [-0.15, -0.1) is 21.5 Å². The Morgan fingerprint density at radius 2 is 1.87 bits per heavy atom. The Morgan fingerprint density at radius 3 is 2.55 bits per heavy atom. The molecule has 9 nitrogen and oxygen atoms in total. The monoisotopic (exact) mass is 478 g/mol. The first-order chi connectivity index (χ1) is 14.9. The van der Waals surface area contributed by atoms with E-state index in [2.05, 4.69) is 15.5 Å². The largest absolute Gasteiger partial charge is 0.335 e. The molecule has 12 heteroatoms. The molecule has 0 radical (unpaired) electrons. The predicted molar refractivity (Wildman–Crippen MR) is 122 cm³/mol. The Kier molecular flexibility index (Phi) is 6.60. The van der Waals surface area contributed by atoms with E-state index in [-0.39, 0.29) is 16.6 Å². The Morgan fingerprint density at radius 1 is 1.13 bits per heavy atom. The van der Waals surface area contributed by atoms with Crippen LogP contribution >= 0.6 is 23.1 Å². The van der Waals surface area contributed by atoms with Gasteiger partial charge >= 0.3 is 0 Å². The lowest BCUT2D eigenvalue weighted by Crippen LogP contribution is -2.35. The van der Waals surface area contributed by atoms with Gasteiger partial charge in [0.15, 0.2) is 5.82 Å². The molecule has 1 aromatic carbocycles. The van der Waals surface area contributed by atoms with Crippen molar-refractivity contribution in [2.24, 2.45) is 0 Å². The van der Waals surface area contributed by atoms with Gasteiger partial charge in [0, 0.05) is 18.8 Å². The van der Waals surface area contributed by atoms with Gasteiger partial charge in [0.1, 0.15) is 0 Å². The van der Waals surface area contributed by atoms with E-state index < -0.39 is 10.0 Å². The number of amides is 1. The summed E-state index contributed by atoms with van der Waals surface area (Å²) < 4.78 is 28.3. The summed E-state index contributed by atoms with van der Waals surface area (Å²) in [4.78, 5) is 13.4. The molecule has 3 heterocycles. The lowest BCUT2D eigenvalue weighted by molar-refractivity contribution is -0.113. The number of nitrogens with two attached hydrogens (primary N) is 1. The van der Waals surface area contributed by atoms with Gasteiger partial charge in [0.2, 0.25) is 21.1 Å². The SMILES string of the molecule is Nn1c(SCC(=O)Nc2ccc(S(=O)(=O)N3CCCCC3)cc2)nnc1-c1cccs1. The molecule has 0 atom stereocenters. The molecule has 1 fully saturated rings. The Balaban J connectivity index is 1.34. The first-order valence-electron chi connectivity index (χ1n) is 9.72. The number of thioether (sulfide) groups is 1. The number of aromatic nitrogens is 3. The highest BCUT2D eigenvalue weighted by molar-refractivity contribution is 7.99. The maximum atomic E-state index is 12.7. The molecule has 1 aliphatic rings. The highest BCUT2D eigenvalue weighted by atomic mass is 32.2. The summed E-state index contributed by atoms with van der Waals surface area (Å²) in [5, 5.41) is 13.2. The van der Waals surface area contributed by atoms with E-state index in [0.29, 0.717) is 29.8 Å². The molecule has 0 bridgehead atoms. The molecule has 0 spiro atoms. The number of benzene rings is 1. The smallest absolute Gasteiger partial charge is 0.243 e. The van der Waals surface area contributed by atoms with Crippen LogP contribution in [0.1, 0.15) is 19.3 Å². The fraction of sp³-hybridized carbons (Fsp3) is 0.316. The third-order valence-corrected chi connectivity index (χ3v) is 8.55. The summed E-state index contributed by atoms with van der Waals surface area (Å²) in [6.07, 6.45) is 2.83. The van der Waals surface area contributed by atoms with Crippen LogP contribution in [0.2, 0.25) is 0 Å². The minimum absolute atomic E-state index is 0.0909. The second-order valence-electron chi connectivity index (χ2n) is 6.98.